The quantitative estimate of drug-likeness (QED) is 0.222. The van der Waals surface area contributed by atoms with Crippen LogP contribution in [0.3, 0.4) is 0 Å². The van der Waals surface area contributed by atoms with E-state index >= 15 is 0 Å². The van der Waals surface area contributed by atoms with Crippen LogP contribution in [0.25, 0.3) is 0 Å². The second-order valence-electron chi connectivity index (χ2n) is 18.7. The summed E-state index contributed by atoms with van der Waals surface area (Å²) in [6.45, 7) is 0. The Morgan fingerprint density at radius 3 is 0.307 bits per heavy atom. The molecule has 0 atom stereocenters. The van der Waals surface area contributed by atoms with E-state index in [1.54, 1.807) is 0 Å². The van der Waals surface area contributed by atoms with Crippen molar-refractivity contribution in [3.8, 4) is 0 Å². The van der Waals surface area contributed by atoms with Crippen molar-refractivity contribution in [3.63, 3.8) is 0 Å². The van der Waals surface area contributed by atoms with Gasteiger partial charge in [-0.05, 0) is 0 Å². The second kappa shape index (κ2) is 34.7. The molecule has 0 unspecified atom stereocenters. The van der Waals surface area contributed by atoms with E-state index in [0.29, 0.717) is 77.0 Å². The standard InChI is InChI=1S/6C8H14O4.3Sn/c6*9-7(10)5-3-1-2-4-6-8(11)12;;;/h6*1-6H2,(H,9,10)(H,11,12);;;/q;;;;;;3*+4/p-12. The molecular weight excluding hydrogens is 1320 g/mol. The van der Waals surface area contributed by atoms with E-state index in [1.807, 2.05) is 0 Å². The third-order valence-corrected chi connectivity index (χ3v) is 28.3. The van der Waals surface area contributed by atoms with Crippen molar-refractivity contribution in [2.75, 3.05) is 0 Å². The van der Waals surface area contributed by atoms with Gasteiger partial charge in [0.05, 0.1) is 0 Å². The zero-order valence-electron chi connectivity index (χ0n) is 42.8. The minimum absolute atomic E-state index is 0.103. The van der Waals surface area contributed by atoms with Gasteiger partial charge < -0.3 is 0 Å². The van der Waals surface area contributed by atoms with E-state index < -0.39 is 132 Å². The van der Waals surface area contributed by atoms with Crippen LogP contribution in [0.1, 0.15) is 231 Å². The molecule has 24 nitrogen and oxygen atoms in total. The number of carbonyl (C=O) groups excluding carboxylic acids is 12. The van der Waals surface area contributed by atoms with Crippen LogP contribution in [0.5, 0.6) is 0 Å². The molecule has 420 valence electrons. The third-order valence-electron chi connectivity index (χ3n) is 11.9. The Morgan fingerprint density at radius 2 is 0.227 bits per heavy atom. The Labute approximate surface area is 454 Å². The van der Waals surface area contributed by atoms with Crippen molar-refractivity contribution in [1.82, 2.24) is 0 Å². The summed E-state index contributed by atoms with van der Waals surface area (Å²) in [6.07, 6.45) is 17.7. The van der Waals surface area contributed by atoms with Gasteiger partial charge in [-0.1, -0.05) is 0 Å². The minimum atomic E-state index is -5.45. The molecule has 6 fully saturated rings. The molecule has 0 N–H and O–H groups in total. The molecule has 75 heavy (non-hydrogen) atoms. The van der Waals surface area contributed by atoms with Crippen molar-refractivity contribution in [2.24, 2.45) is 0 Å². The van der Waals surface area contributed by atoms with Crippen molar-refractivity contribution in [1.29, 1.82) is 0 Å². The van der Waals surface area contributed by atoms with Crippen LogP contribution < -0.4 is 0 Å². The summed E-state index contributed by atoms with van der Waals surface area (Å²) in [7, 11) is 0. The average molecular weight is 1390 g/mol. The van der Waals surface area contributed by atoms with Gasteiger partial charge in [-0.2, -0.15) is 0 Å². The van der Waals surface area contributed by atoms with E-state index in [-0.39, 0.29) is 77.0 Å². The molecule has 6 aliphatic heterocycles. The van der Waals surface area contributed by atoms with Crippen LogP contribution in [0.2, 0.25) is 0 Å². The maximum atomic E-state index is 12.1. The molecule has 0 saturated carbocycles. The molecule has 0 aliphatic carbocycles. The topological polar surface area (TPSA) is 316 Å². The summed E-state index contributed by atoms with van der Waals surface area (Å²) in [4.78, 5) is 145. The van der Waals surface area contributed by atoms with Gasteiger partial charge in [0.2, 0.25) is 0 Å². The molecule has 0 bridgehead atoms. The molecule has 6 heterocycles. The molecule has 6 saturated heterocycles. The van der Waals surface area contributed by atoms with E-state index in [1.165, 1.54) is 0 Å². The zero-order chi connectivity index (χ0) is 54.4. The van der Waals surface area contributed by atoms with Gasteiger partial charge in [0.25, 0.3) is 0 Å². The molecule has 0 radical (unpaired) electrons. The van der Waals surface area contributed by atoms with Gasteiger partial charge in [0.1, 0.15) is 0 Å². The Hall–Kier alpha value is -3.96. The molecule has 27 heteroatoms. The predicted molar refractivity (Wildman–Crippen MR) is 257 cm³/mol. The van der Waals surface area contributed by atoms with Gasteiger partial charge in [-0.25, -0.2) is 0 Å². The van der Waals surface area contributed by atoms with Gasteiger partial charge in [0, 0.05) is 0 Å². The molecule has 6 rings (SSSR count). The van der Waals surface area contributed by atoms with Crippen LogP contribution in [0, 0.1) is 0 Å². The van der Waals surface area contributed by atoms with Crippen molar-refractivity contribution in [2.45, 2.75) is 231 Å². The predicted octanol–water partition coefficient (Wildman–Crippen LogP) is 6.91. The first-order valence-electron chi connectivity index (χ1n) is 26.6. The molecule has 0 amide bonds. The Kier molecular flexibility index (Phi) is 29.4. The van der Waals surface area contributed by atoms with E-state index in [9.17, 15) is 57.5 Å². The average Bonchev–Trinajstić information content (AvgIpc) is 3.44. The van der Waals surface area contributed by atoms with E-state index in [2.05, 4.69) is 0 Å². The van der Waals surface area contributed by atoms with Crippen LogP contribution in [0.4, 0.5) is 0 Å². The molecular formula is C48H72O24Sn3. The first-order chi connectivity index (χ1) is 36.0. The summed E-state index contributed by atoms with van der Waals surface area (Å²) in [5.74, 6) is -7.99. The van der Waals surface area contributed by atoms with Gasteiger partial charge in [-0.3, -0.25) is 0 Å². The van der Waals surface area contributed by atoms with Crippen molar-refractivity contribution in [3.05, 3.63) is 0 Å². The first-order valence-corrected chi connectivity index (χ1v) is 40.6. The molecule has 0 aromatic heterocycles. The molecule has 3 spiro atoms. The van der Waals surface area contributed by atoms with Crippen molar-refractivity contribution >= 4 is 132 Å². The SMILES string of the molecule is O=C1CCCCCCC(=O)[O][Sn]2([O]1)[O]C(=O)CCCCCCC(=O)[O]2.O=C1CCCCCCC(=O)[O][Sn]2([O]1)[O]C(=O)CCCCCCC(=O)[O]2.O=C1CCCCCCC(=O)[O][Sn]2([O]1)[O]C(=O)CCCCCCC(=O)[O]2. The number of carbonyl (C=O) groups is 12. The number of hydrogen-bond donors (Lipinski definition) is 0. The molecule has 0 aromatic carbocycles. The maximum absolute atomic E-state index is 12.1. The summed E-state index contributed by atoms with van der Waals surface area (Å²) in [5, 5.41) is 0. The Balaban J connectivity index is 0.000000243. The van der Waals surface area contributed by atoms with Gasteiger partial charge >= 0.3 is 457 Å². The van der Waals surface area contributed by atoms with Crippen molar-refractivity contribution < 1.29 is 94.4 Å². The van der Waals surface area contributed by atoms with Crippen LogP contribution in [0.15, 0.2) is 0 Å². The Bertz CT molecular complexity index is 1490. The summed E-state index contributed by atoms with van der Waals surface area (Å²) in [5.41, 5.74) is 0. The van der Waals surface area contributed by atoms with Crippen LogP contribution in [-0.4, -0.2) is 132 Å². The van der Waals surface area contributed by atoms with Gasteiger partial charge in [-0.15, -0.1) is 0 Å². The van der Waals surface area contributed by atoms with E-state index in [0.717, 1.165) is 77.0 Å². The summed E-state index contributed by atoms with van der Waals surface area (Å²) >= 11 is -16.4. The zero-order valence-corrected chi connectivity index (χ0v) is 51.3. The Morgan fingerprint density at radius 1 is 0.147 bits per heavy atom. The van der Waals surface area contributed by atoms with E-state index in [4.69, 9.17) is 36.9 Å². The summed E-state index contributed by atoms with van der Waals surface area (Å²) < 4.78 is 62.8. The first kappa shape index (κ1) is 63.6. The fourth-order valence-corrected chi connectivity index (χ4v) is 23.2. The second-order valence-corrected chi connectivity index (χ2v) is 34.2. The molecule has 6 aliphatic rings. The number of hydrogen-bond acceptors (Lipinski definition) is 24. The van der Waals surface area contributed by atoms with Gasteiger partial charge in [0.15, 0.2) is 0 Å². The fraction of sp³-hybridized carbons (Fsp3) is 0.750. The fourth-order valence-electron chi connectivity index (χ4n) is 8.01. The monoisotopic (exact) mass is 1390 g/mol. The third kappa shape index (κ3) is 26.8. The summed E-state index contributed by atoms with van der Waals surface area (Å²) in [6, 6.07) is 0. The molecule has 0 aromatic rings. The van der Waals surface area contributed by atoms with Crippen LogP contribution in [-0.2, 0) is 94.4 Å². The van der Waals surface area contributed by atoms with Crippen LogP contribution >= 0.6 is 0 Å². The number of rotatable bonds is 0. The normalized spacial score (nSPS) is 24.0.